The predicted molar refractivity (Wildman–Crippen MR) is 105 cm³/mol. The first kappa shape index (κ1) is 17.7. The standard InChI is InChI=1S/C21H17FN6/c1-14-9-17(22)10-18-19(14)26-13-16(12-24)20(18)27-5-7-28(8-6-27)21-15(11-23)3-2-4-25-21/h2-4,9-10,13H,5-8H2,1H3. The Morgan fingerprint density at radius 2 is 1.71 bits per heavy atom. The first-order valence-corrected chi connectivity index (χ1v) is 8.96. The van der Waals surface area contributed by atoms with Gasteiger partial charge in [0.25, 0.3) is 0 Å². The summed E-state index contributed by atoms with van der Waals surface area (Å²) in [6, 6.07) is 10.8. The minimum absolute atomic E-state index is 0.339. The SMILES string of the molecule is Cc1cc(F)cc2c(N3CCN(c4ncccc4C#N)CC3)c(C#N)cnc12. The number of benzene rings is 1. The van der Waals surface area contributed by atoms with Crippen LogP contribution in [0, 0.1) is 35.4 Å². The fraction of sp³-hybridized carbons (Fsp3) is 0.238. The molecule has 1 aromatic carbocycles. The molecule has 0 unspecified atom stereocenters. The monoisotopic (exact) mass is 372 g/mol. The predicted octanol–water partition coefficient (Wildman–Crippen LogP) is 3.15. The molecule has 0 spiro atoms. The highest BCUT2D eigenvalue weighted by molar-refractivity contribution is 5.96. The minimum atomic E-state index is -0.339. The third-order valence-electron chi connectivity index (χ3n) is 5.02. The number of halogens is 1. The number of nitriles is 2. The number of aryl methyl sites for hydroxylation is 1. The van der Waals surface area contributed by atoms with Crippen molar-refractivity contribution >= 4 is 22.4 Å². The van der Waals surface area contributed by atoms with Gasteiger partial charge in [0.2, 0.25) is 0 Å². The van der Waals surface area contributed by atoms with Crippen LogP contribution in [0.1, 0.15) is 16.7 Å². The van der Waals surface area contributed by atoms with Gasteiger partial charge in [0, 0.05) is 44.0 Å². The smallest absolute Gasteiger partial charge is 0.146 e. The molecule has 0 saturated carbocycles. The summed E-state index contributed by atoms with van der Waals surface area (Å²) < 4.78 is 14.1. The van der Waals surface area contributed by atoms with Crippen molar-refractivity contribution < 1.29 is 4.39 Å². The molecule has 0 atom stereocenters. The Morgan fingerprint density at radius 1 is 1.00 bits per heavy atom. The van der Waals surface area contributed by atoms with Gasteiger partial charge in [-0.1, -0.05) is 0 Å². The minimum Gasteiger partial charge on any atom is -0.366 e. The number of nitrogens with zero attached hydrogens (tertiary/aromatic N) is 6. The number of fused-ring (bicyclic) bond motifs is 1. The van der Waals surface area contributed by atoms with Crippen molar-refractivity contribution in [1.29, 1.82) is 10.5 Å². The van der Waals surface area contributed by atoms with E-state index in [-0.39, 0.29) is 5.82 Å². The van der Waals surface area contributed by atoms with Crippen LogP contribution in [-0.2, 0) is 0 Å². The molecule has 0 radical (unpaired) electrons. The number of hydrogen-bond donors (Lipinski definition) is 0. The largest absolute Gasteiger partial charge is 0.366 e. The normalized spacial score (nSPS) is 14.0. The second kappa shape index (κ2) is 7.13. The Balaban J connectivity index is 1.69. The van der Waals surface area contributed by atoms with Gasteiger partial charge >= 0.3 is 0 Å². The molecule has 28 heavy (non-hydrogen) atoms. The van der Waals surface area contributed by atoms with Crippen molar-refractivity contribution in [3.8, 4) is 12.1 Å². The lowest BCUT2D eigenvalue weighted by Gasteiger charge is -2.37. The molecule has 1 saturated heterocycles. The molecule has 1 aliphatic heterocycles. The van der Waals surface area contributed by atoms with Gasteiger partial charge in [0.15, 0.2) is 0 Å². The highest BCUT2D eigenvalue weighted by Gasteiger charge is 2.24. The molecule has 138 valence electrons. The fourth-order valence-corrected chi connectivity index (χ4v) is 3.72. The Morgan fingerprint density at radius 3 is 2.43 bits per heavy atom. The number of anilines is 2. The van der Waals surface area contributed by atoms with E-state index in [4.69, 9.17) is 0 Å². The summed E-state index contributed by atoms with van der Waals surface area (Å²) in [7, 11) is 0. The topological polar surface area (TPSA) is 79.8 Å². The second-order valence-corrected chi connectivity index (χ2v) is 6.71. The van der Waals surface area contributed by atoms with Crippen LogP contribution in [0.3, 0.4) is 0 Å². The van der Waals surface area contributed by atoms with Crippen molar-refractivity contribution in [3.05, 3.63) is 59.2 Å². The van der Waals surface area contributed by atoms with E-state index in [0.717, 1.165) is 11.3 Å². The molecular formula is C21H17FN6. The van der Waals surface area contributed by atoms with Crippen LogP contribution >= 0.6 is 0 Å². The van der Waals surface area contributed by atoms with Gasteiger partial charge in [-0.2, -0.15) is 10.5 Å². The molecular weight excluding hydrogens is 355 g/mol. The molecule has 3 heterocycles. The van der Waals surface area contributed by atoms with Gasteiger partial charge in [-0.05, 0) is 36.8 Å². The van der Waals surface area contributed by atoms with E-state index in [1.165, 1.54) is 12.1 Å². The summed E-state index contributed by atoms with van der Waals surface area (Å²) in [4.78, 5) is 12.9. The Labute approximate surface area is 162 Å². The van der Waals surface area contributed by atoms with Crippen LogP contribution in [0.15, 0.2) is 36.7 Å². The number of pyridine rings is 2. The van der Waals surface area contributed by atoms with Crippen LogP contribution in [0.2, 0.25) is 0 Å². The highest BCUT2D eigenvalue weighted by atomic mass is 19.1. The van der Waals surface area contributed by atoms with E-state index in [9.17, 15) is 14.9 Å². The summed E-state index contributed by atoms with van der Waals surface area (Å²) in [6.07, 6.45) is 3.24. The molecule has 0 amide bonds. The maximum Gasteiger partial charge on any atom is 0.146 e. The molecule has 0 bridgehead atoms. The molecule has 6 nitrogen and oxygen atoms in total. The molecule has 3 aromatic rings. The quantitative estimate of drug-likeness (QED) is 0.687. The summed E-state index contributed by atoms with van der Waals surface area (Å²) in [6.45, 7) is 4.37. The second-order valence-electron chi connectivity index (χ2n) is 6.71. The van der Waals surface area contributed by atoms with Crippen molar-refractivity contribution in [2.45, 2.75) is 6.92 Å². The van der Waals surface area contributed by atoms with Crippen LogP contribution in [-0.4, -0.2) is 36.1 Å². The van der Waals surface area contributed by atoms with Gasteiger partial charge in [-0.25, -0.2) is 9.37 Å². The molecule has 0 N–H and O–H groups in total. The van der Waals surface area contributed by atoms with E-state index in [0.29, 0.717) is 54.0 Å². The summed E-state index contributed by atoms with van der Waals surface area (Å²) in [5, 5.41) is 19.5. The Kier molecular flexibility index (Phi) is 4.50. The molecule has 0 aliphatic carbocycles. The van der Waals surface area contributed by atoms with E-state index in [1.807, 2.05) is 6.92 Å². The molecule has 1 aliphatic rings. The van der Waals surface area contributed by atoms with E-state index in [1.54, 1.807) is 24.5 Å². The first-order chi connectivity index (χ1) is 13.6. The van der Waals surface area contributed by atoms with Crippen molar-refractivity contribution in [1.82, 2.24) is 9.97 Å². The van der Waals surface area contributed by atoms with E-state index >= 15 is 0 Å². The number of hydrogen-bond acceptors (Lipinski definition) is 6. The molecule has 7 heteroatoms. The van der Waals surface area contributed by atoms with Gasteiger partial charge in [-0.3, -0.25) is 4.98 Å². The van der Waals surface area contributed by atoms with Crippen molar-refractivity contribution in [2.75, 3.05) is 36.0 Å². The molecule has 2 aromatic heterocycles. The molecule has 1 fully saturated rings. The maximum absolute atomic E-state index is 14.1. The lowest BCUT2D eigenvalue weighted by atomic mass is 10.0. The third-order valence-corrected chi connectivity index (χ3v) is 5.02. The fourth-order valence-electron chi connectivity index (χ4n) is 3.72. The van der Waals surface area contributed by atoms with Crippen LogP contribution in [0.25, 0.3) is 10.9 Å². The zero-order valence-corrected chi connectivity index (χ0v) is 15.4. The van der Waals surface area contributed by atoms with Gasteiger partial charge in [0.05, 0.1) is 22.3 Å². The van der Waals surface area contributed by atoms with Gasteiger partial charge in [-0.15, -0.1) is 0 Å². The van der Waals surface area contributed by atoms with Crippen LogP contribution in [0.5, 0.6) is 0 Å². The average Bonchev–Trinajstić information content (AvgIpc) is 2.73. The lowest BCUT2D eigenvalue weighted by molar-refractivity contribution is 0.627. The zero-order valence-electron chi connectivity index (χ0n) is 15.4. The highest BCUT2D eigenvalue weighted by Crippen LogP contribution is 2.32. The lowest BCUT2D eigenvalue weighted by Crippen LogP contribution is -2.47. The Bertz CT molecular complexity index is 1140. The van der Waals surface area contributed by atoms with Gasteiger partial charge < -0.3 is 9.80 Å². The summed E-state index contributed by atoms with van der Waals surface area (Å²) >= 11 is 0. The third kappa shape index (κ3) is 2.97. The summed E-state index contributed by atoms with van der Waals surface area (Å²) in [5.41, 5.74) is 3.14. The van der Waals surface area contributed by atoms with Crippen LogP contribution in [0.4, 0.5) is 15.9 Å². The van der Waals surface area contributed by atoms with E-state index in [2.05, 4.69) is 31.9 Å². The maximum atomic E-state index is 14.1. The van der Waals surface area contributed by atoms with Gasteiger partial charge in [0.1, 0.15) is 23.8 Å². The van der Waals surface area contributed by atoms with Crippen molar-refractivity contribution in [2.24, 2.45) is 0 Å². The molecule has 4 rings (SSSR count). The number of aromatic nitrogens is 2. The van der Waals surface area contributed by atoms with E-state index < -0.39 is 0 Å². The summed E-state index contributed by atoms with van der Waals surface area (Å²) in [5.74, 6) is 0.334. The zero-order chi connectivity index (χ0) is 19.7. The number of piperazine rings is 1. The van der Waals surface area contributed by atoms with Crippen LogP contribution < -0.4 is 9.80 Å². The Hall–Kier alpha value is -3.71. The van der Waals surface area contributed by atoms with Crippen molar-refractivity contribution in [3.63, 3.8) is 0 Å². The first-order valence-electron chi connectivity index (χ1n) is 8.96. The average molecular weight is 372 g/mol. The number of rotatable bonds is 2.